The third kappa shape index (κ3) is 11.0. The molecule has 20 atom stereocenters. The van der Waals surface area contributed by atoms with E-state index in [0.717, 1.165) is 0 Å². The molecule has 0 aromatic heterocycles. The van der Waals surface area contributed by atoms with Crippen LogP contribution in [0.5, 0.6) is 0 Å². The Morgan fingerprint density at radius 2 is 0.847 bits per heavy atom. The predicted molar refractivity (Wildman–Crippen MR) is 169 cm³/mol. The molecule has 6 heterocycles. The van der Waals surface area contributed by atoms with E-state index in [0.29, 0.717) is 0 Å². The molecule has 6 aliphatic heterocycles. The summed E-state index contributed by atoms with van der Waals surface area (Å²) in [5, 5.41) is 62.8. The number of fused-ring (bicyclic) bond motifs is 4. The number of ether oxygens (including phenoxy) is 9. The SMILES string of the molecule is O=S(=O)(O)O[C@@H]1[C@H]2OC[C@@H](O[C@@H]1O)[C@@H]2O[C@@H]1O[C@H](CO)[C@H](OS(=O)(=O)O)[C@H](O[C@H]2O[C@@H]3CO[C@@H]([C@H]3O[C@@H]3O[C@H](CO)[C@H](OS(=O)(=O)O)[C@H](O)[C@H]3O)[C@H]2OS(=O)(=O)O)[C@H]1O. The average Bonchev–Trinajstić information content (AvgIpc) is 3.57. The Morgan fingerprint density at radius 1 is 0.441 bits per heavy atom. The van der Waals surface area contributed by atoms with Gasteiger partial charge in [0, 0.05) is 0 Å². The fraction of sp³-hybridized carbons (Fsp3) is 1.00. The first kappa shape index (κ1) is 47.4. The molecule has 0 amide bonds. The van der Waals surface area contributed by atoms with E-state index in [-0.39, 0.29) is 0 Å². The van der Waals surface area contributed by atoms with Gasteiger partial charge in [-0.15, -0.1) is 0 Å². The third-order valence-electron chi connectivity index (χ3n) is 9.53. The van der Waals surface area contributed by atoms with E-state index in [1.807, 2.05) is 0 Å². The van der Waals surface area contributed by atoms with Crippen molar-refractivity contribution >= 4 is 41.6 Å². The molecule has 0 unspecified atom stereocenters. The quantitative estimate of drug-likeness (QED) is 0.0642. The summed E-state index contributed by atoms with van der Waals surface area (Å²) in [6.07, 6.45) is -39.1. The smallest absolute Gasteiger partial charge is 0.394 e. The highest BCUT2D eigenvalue weighted by Gasteiger charge is 2.61. The average molecular weight is 951 g/mol. The normalized spacial score (nSPS) is 45.7. The van der Waals surface area contributed by atoms with Crippen LogP contribution in [-0.2, 0) is 101 Å². The molecule has 0 radical (unpaired) electrons. The second kappa shape index (κ2) is 17.8. The molecule has 59 heavy (non-hydrogen) atoms. The van der Waals surface area contributed by atoms with Crippen LogP contribution in [0.2, 0.25) is 0 Å². The molecule has 0 aliphatic carbocycles. The zero-order valence-corrected chi connectivity index (χ0v) is 32.3. The van der Waals surface area contributed by atoms with E-state index in [9.17, 15) is 78.0 Å². The van der Waals surface area contributed by atoms with Crippen LogP contribution in [0.3, 0.4) is 0 Å². The summed E-state index contributed by atoms with van der Waals surface area (Å²) in [4.78, 5) is 0. The molecule has 6 fully saturated rings. The van der Waals surface area contributed by atoms with Crippen LogP contribution in [0.1, 0.15) is 0 Å². The van der Waals surface area contributed by atoms with Crippen LogP contribution < -0.4 is 0 Å². The lowest BCUT2D eigenvalue weighted by molar-refractivity contribution is -0.367. The Labute approximate surface area is 332 Å². The minimum absolute atomic E-state index is 0.406. The Morgan fingerprint density at radius 3 is 1.36 bits per heavy atom. The van der Waals surface area contributed by atoms with Gasteiger partial charge in [0.05, 0.1) is 26.4 Å². The molecule has 6 saturated heterocycles. The van der Waals surface area contributed by atoms with Crippen molar-refractivity contribution in [3.63, 3.8) is 0 Å². The van der Waals surface area contributed by atoms with Gasteiger partial charge in [-0.2, -0.15) is 33.7 Å². The summed E-state index contributed by atoms with van der Waals surface area (Å²) in [6.45, 7) is -3.26. The largest absolute Gasteiger partial charge is 0.397 e. The van der Waals surface area contributed by atoms with E-state index < -0.39 is 191 Å². The van der Waals surface area contributed by atoms with Crippen molar-refractivity contribution in [1.82, 2.24) is 0 Å². The first-order valence-electron chi connectivity index (χ1n) is 16.7. The van der Waals surface area contributed by atoms with Crippen LogP contribution in [0, 0.1) is 0 Å². The van der Waals surface area contributed by atoms with Crippen molar-refractivity contribution in [2.45, 2.75) is 123 Å². The van der Waals surface area contributed by atoms with Crippen LogP contribution >= 0.6 is 0 Å². The summed E-state index contributed by atoms with van der Waals surface area (Å²) in [7, 11) is -21.6. The van der Waals surface area contributed by atoms with E-state index in [4.69, 9.17) is 51.4 Å². The highest BCUT2D eigenvalue weighted by molar-refractivity contribution is 7.81. The summed E-state index contributed by atoms with van der Waals surface area (Å²) in [5.41, 5.74) is 0. The molecule has 31 nitrogen and oxygen atoms in total. The van der Waals surface area contributed by atoms with Crippen molar-refractivity contribution in [2.75, 3.05) is 26.4 Å². The van der Waals surface area contributed by atoms with E-state index in [1.165, 1.54) is 0 Å². The first-order valence-corrected chi connectivity index (χ1v) is 22.1. The van der Waals surface area contributed by atoms with E-state index in [1.54, 1.807) is 0 Å². The Balaban J connectivity index is 1.26. The lowest BCUT2D eigenvalue weighted by atomic mass is 9.96. The molecular formula is C24H38O31S4. The van der Waals surface area contributed by atoms with Gasteiger partial charge in [0.1, 0.15) is 85.5 Å². The van der Waals surface area contributed by atoms with Crippen molar-refractivity contribution in [1.29, 1.82) is 0 Å². The topological polar surface area (TPSA) is 459 Å². The molecular weight excluding hydrogens is 913 g/mol. The third-order valence-corrected chi connectivity index (χ3v) is 11.4. The standard InChI is InChI=1S/C24H38O31S4/c25-1-5-12(52-56(31,32)33)9(27)10(28)22(46-5)49-14-8-4-44-18(14)20(55-59(40,41)42)24(48-8)51-16-11(29)23(47-6(2-26)15(16)53-57(34,35)36)50-13-7-3-43-17(13)19(21(30)45-7)54-58(37,38)39/h5-30H,1-4H2,(H,31,32,33)(H,34,35,36)(H,37,38,39)(H,40,41,42)/t5-,6-,7-,8-,9-,10-,11-,12+,13+,14+,15+,16-,17+,18+,19-,20-,21+,22+,23+,24-/m1/s1. The molecule has 6 aliphatic rings. The number of hydrogen-bond acceptors (Lipinski definition) is 27. The van der Waals surface area contributed by atoms with Crippen LogP contribution in [-0.4, -0.2) is 232 Å². The Kier molecular flexibility index (Phi) is 14.3. The van der Waals surface area contributed by atoms with Crippen LogP contribution in [0.4, 0.5) is 0 Å². The molecule has 0 saturated carbocycles. The van der Waals surface area contributed by atoms with Gasteiger partial charge >= 0.3 is 41.6 Å². The number of hydrogen-bond donors (Lipinski definition) is 10. The zero-order valence-electron chi connectivity index (χ0n) is 29.1. The Bertz CT molecular complexity index is 1910. The van der Waals surface area contributed by atoms with Gasteiger partial charge in [0.15, 0.2) is 37.4 Å². The highest BCUT2D eigenvalue weighted by Crippen LogP contribution is 2.41. The maximum atomic E-state index is 12.1. The second-order valence-corrected chi connectivity index (χ2v) is 17.6. The van der Waals surface area contributed by atoms with Gasteiger partial charge < -0.3 is 73.3 Å². The monoisotopic (exact) mass is 950 g/mol. The fourth-order valence-corrected chi connectivity index (χ4v) is 9.21. The molecule has 4 bridgehead atoms. The molecule has 0 aromatic rings. The van der Waals surface area contributed by atoms with Gasteiger partial charge in [0.2, 0.25) is 0 Å². The molecule has 35 heteroatoms. The molecule has 0 spiro atoms. The molecule has 6 rings (SSSR count). The highest BCUT2D eigenvalue weighted by atomic mass is 32.3. The predicted octanol–water partition coefficient (Wildman–Crippen LogP) is -8.35. The first-order chi connectivity index (χ1) is 27.3. The Hall–Kier alpha value is -1.12. The summed E-state index contributed by atoms with van der Waals surface area (Å²) in [5.74, 6) is 0. The molecule has 344 valence electrons. The minimum atomic E-state index is -5.55. The van der Waals surface area contributed by atoms with E-state index >= 15 is 0 Å². The van der Waals surface area contributed by atoms with Gasteiger partial charge in [0.25, 0.3) is 0 Å². The van der Waals surface area contributed by atoms with Crippen molar-refractivity contribution in [3.8, 4) is 0 Å². The maximum Gasteiger partial charge on any atom is 0.397 e. The van der Waals surface area contributed by atoms with Crippen molar-refractivity contribution in [2.24, 2.45) is 0 Å². The van der Waals surface area contributed by atoms with Crippen molar-refractivity contribution < 1.29 is 142 Å². The summed E-state index contributed by atoms with van der Waals surface area (Å²) >= 11 is 0. The van der Waals surface area contributed by atoms with Gasteiger partial charge in [-0.1, -0.05) is 0 Å². The molecule has 10 N–H and O–H groups in total. The number of aliphatic hydroxyl groups excluding tert-OH is 6. The van der Waals surface area contributed by atoms with Gasteiger partial charge in [-0.3, -0.25) is 18.2 Å². The summed E-state index contributed by atoms with van der Waals surface area (Å²) in [6, 6.07) is 0. The minimum Gasteiger partial charge on any atom is -0.394 e. The zero-order chi connectivity index (χ0) is 43.6. The lowest BCUT2D eigenvalue weighted by Crippen LogP contribution is -2.66. The molecule has 0 aromatic carbocycles. The number of aliphatic hydroxyl groups is 6. The van der Waals surface area contributed by atoms with Crippen LogP contribution in [0.15, 0.2) is 0 Å². The van der Waals surface area contributed by atoms with Crippen LogP contribution in [0.25, 0.3) is 0 Å². The lowest BCUT2D eigenvalue weighted by Gasteiger charge is -2.48. The van der Waals surface area contributed by atoms with Gasteiger partial charge in [-0.05, 0) is 0 Å². The van der Waals surface area contributed by atoms with E-state index in [2.05, 4.69) is 12.5 Å². The summed E-state index contributed by atoms with van der Waals surface area (Å²) < 4.78 is 199. The van der Waals surface area contributed by atoms with Crippen molar-refractivity contribution in [3.05, 3.63) is 0 Å². The second-order valence-electron chi connectivity index (χ2n) is 13.4. The number of rotatable bonds is 16. The fourth-order valence-electron chi connectivity index (χ4n) is 7.21. The van der Waals surface area contributed by atoms with Gasteiger partial charge in [-0.25, -0.2) is 16.7 Å². The maximum absolute atomic E-state index is 12.1.